The van der Waals surface area contributed by atoms with Crippen LogP contribution < -0.4 is 5.32 Å². The maximum Gasteiger partial charge on any atom is 0.237 e. The lowest BCUT2D eigenvalue weighted by Gasteiger charge is -2.32. The van der Waals surface area contributed by atoms with Crippen LogP contribution in [0.1, 0.15) is 12.5 Å². The number of nitrogens with one attached hydrogen (secondary N) is 1. The second kappa shape index (κ2) is 6.51. The molecule has 2 aromatic rings. The van der Waals surface area contributed by atoms with Gasteiger partial charge in [-0.15, -0.1) is 0 Å². The summed E-state index contributed by atoms with van der Waals surface area (Å²) >= 11 is 5.92. The Balaban J connectivity index is 1.71. The van der Waals surface area contributed by atoms with Gasteiger partial charge in [-0.2, -0.15) is 0 Å². The van der Waals surface area contributed by atoms with Gasteiger partial charge in [-0.25, -0.2) is 0 Å². The number of piperazine rings is 1. The summed E-state index contributed by atoms with van der Waals surface area (Å²) in [5.41, 5.74) is 3.55. The van der Waals surface area contributed by atoms with Gasteiger partial charge in [0, 0.05) is 24.7 Å². The molecule has 0 saturated carbocycles. The van der Waals surface area contributed by atoms with E-state index >= 15 is 0 Å². The Hall–Kier alpha value is -1.84. The summed E-state index contributed by atoms with van der Waals surface area (Å²) < 4.78 is 0. The average Bonchev–Trinajstić information content (AvgIpc) is 2.53. The Labute approximate surface area is 135 Å². The van der Waals surface area contributed by atoms with Crippen LogP contribution in [0.25, 0.3) is 11.1 Å². The van der Waals surface area contributed by atoms with Crippen LogP contribution in [0.2, 0.25) is 5.02 Å². The maximum atomic E-state index is 11.7. The SMILES string of the molecule is C[C@@H]1C(=O)NCCN1Cc1ccc(-c2ccc(Cl)cc2)cc1. The third-order valence-corrected chi connectivity index (χ3v) is 4.39. The van der Waals surface area contributed by atoms with Crippen molar-refractivity contribution in [2.45, 2.75) is 19.5 Å². The summed E-state index contributed by atoms with van der Waals surface area (Å²) in [5, 5.41) is 3.64. The molecule has 0 radical (unpaired) electrons. The van der Waals surface area contributed by atoms with Gasteiger partial charge in [0.15, 0.2) is 0 Å². The van der Waals surface area contributed by atoms with E-state index in [1.54, 1.807) is 0 Å². The molecular formula is C18H19ClN2O. The Morgan fingerprint density at radius 3 is 2.32 bits per heavy atom. The van der Waals surface area contributed by atoms with Gasteiger partial charge >= 0.3 is 0 Å². The van der Waals surface area contributed by atoms with Crippen molar-refractivity contribution in [1.82, 2.24) is 10.2 Å². The van der Waals surface area contributed by atoms with Gasteiger partial charge in [-0.3, -0.25) is 9.69 Å². The quantitative estimate of drug-likeness (QED) is 0.942. The second-order valence-electron chi connectivity index (χ2n) is 5.64. The Morgan fingerprint density at radius 1 is 1.09 bits per heavy atom. The van der Waals surface area contributed by atoms with E-state index in [0.717, 1.165) is 30.2 Å². The number of nitrogens with zero attached hydrogens (tertiary/aromatic N) is 1. The van der Waals surface area contributed by atoms with Crippen molar-refractivity contribution >= 4 is 17.5 Å². The first-order chi connectivity index (χ1) is 10.6. The topological polar surface area (TPSA) is 32.3 Å². The zero-order valence-electron chi connectivity index (χ0n) is 12.6. The van der Waals surface area contributed by atoms with Gasteiger partial charge < -0.3 is 5.32 Å². The van der Waals surface area contributed by atoms with Crippen LogP contribution in [0, 0.1) is 0 Å². The van der Waals surface area contributed by atoms with Crippen molar-refractivity contribution in [3.8, 4) is 11.1 Å². The summed E-state index contributed by atoms with van der Waals surface area (Å²) in [5.74, 6) is 0.115. The van der Waals surface area contributed by atoms with E-state index in [1.807, 2.05) is 31.2 Å². The monoisotopic (exact) mass is 314 g/mol. The lowest BCUT2D eigenvalue weighted by Crippen LogP contribution is -2.53. The van der Waals surface area contributed by atoms with E-state index in [-0.39, 0.29) is 11.9 Å². The fourth-order valence-corrected chi connectivity index (χ4v) is 2.85. The molecule has 3 rings (SSSR count). The van der Waals surface area contributed by atoms with Gasteiger partial charge in [0.05, 0.1) is 6.04 Å². The number of carbonyl (C=O) groups is 1. The third-order valence-electron chi connectivity index (χ3n) is 4.14. The number of hydrogen-bond acceptors (Lipinski definition) is 2. The highest BCUT2D eigenvalue weighted by Gasteiger charge is 2.24. The number of halogens is 1. The molecule has 1 heterocycles. The molecule has 0 unspecified atom stereocenters. The second-order valence-corrected chi connectivity index (χ2v) is 6.08. The predicted octanol–water partition coefficient (Wildman–Crippen LogP) is 3.33. The van der Waals surface area contributed by atoms with E-state index < -0.39 is 0 Å². The van der Waals surface area contributed by atoms with Gasteiger partial charge in [0.2, 0.25) is 5.91 Å². The third kappa shape index (κ3) is 3.32. The summed E-state index contributed by atoms with van der Waals surface area (Å²) in [7, 11) is 0. The van der Waals surface area contributed by atoms with Crippen LogP contribution in [0.4, 0.5) is 0 Å². The molecule has 0 bridgehead atoms. The predicted molar refractivity (Wildman–Crippen MR) is 89.8 cm³/mol. The van der Waals surface area contributed by atoms with Crippen LogP contribution >= 0.6 is 11.6 Å². The molecule has 1 N–H and O–H groups in total. The lowest BCUT2D eigenvalue weighted by molar-refractivity contribution is -0.128. The van der Waals surface area contributed by atoms with Gasteiger partial charge in [0.1, 0.15) is 0 Å². The number of hydrogen-bond donors (Lipinski definition) is 1. The van der Waals surface area contributed by atoms with Crippen LogP contribution in [0.5, 0.6) is 0 Å². The van der Waals surface area contributed by atoms with Crippen molar-refractivity contribution in [3.05, 3.63) is 59.1 Å². The summed E-state index contributed by atoms with van der Waals surface area (Å²) in [6.45, 7) is 4.38. The molecule has 3 nitrogen and oxygen atoms in total. The zero-order valence-corrected chi connectivity index (χ0v) is 13.3. The fraction of sp³-hybridized carbons (Fsp3) is 0.278. The lowest BCUT2D eigenvalue weighted by atomic mass is 10.0. The van der Waals surface area contributed by atoms with Gasteiger partial charge in [-0.1, -0.05) is 48.0 Å². The molecule has 2 aromatic carbocycles. The molecular weight excluding hydrogens is 296 g/mol. The standard InChI is InChI=1S/C18H19ClN2O/c1-13-18(22)20-10-11-21(13)12-14-2-4-15(5-3-14)16-6-8-17(19)9-7-16/h2-9,13H,10-12H2,1H3,(H,20,22)/t13-/m1/s1. The highest BCUT2D eigenvalue weighted by Crippen LogP contribution is 2.22. The summed E-state index contributed by atoms with van der Waals surface area (Å²) in [4.78, 5) is 13.9. The molecule has 0 aromatic heterocycles. The summed E-state index contributed by atoms with van der Waals surface area (Å²) in [6.07, 6.45) is 0. The highest BCUT2D eigenvalue weighted by atomic mass is 35.5. The van der Waals surface area contributed by atoms with Crippen molar-refractivity contribution < 1.29 is 4.79 Å². The first-order valence-corrected chi connectivity index (χ1v) is 7.88. The smallest absolute Gasteiger partial charge is 0.237 e. The number of amides is 1. The zero-order chi connectivity index (χ0) is 15.5. The maximum absolute atomic E-state index is 11.7. The molecule has 1 amide bonds. The van der Waals surface area contributed by atoms with Gasteiger partial charge in [0.25, 0.3) is 0 Å². The van der Waals surface area contributed by atoms with E-state index in [2.05, 4.69) is 34.5 Å². The van der Waals surface area contributed by atoms with Crippen LogP contribution in [0.15, 0.2) is 48.5 Å². The molecule has 0 aliphatic carbocycles. The first kappa shape index (κ1) is 15.1. The van der Waals surface area contributed by atoms with E-state index in [9.17, 15) is 4.79 Å². The first-order valence-electron chi connectivity index (χ1n) is 7.50. The molecule has 1 saturated heterocycles. The molecule has 1 fully saturated rings. The number of rotatable bonds is 3. The Bertz CT molecular complexity index is 652. The molecule has 114 valence electrons. The molecule has 0 spiro atoms. The minimum Gasteiger partial charge on any atom is -0.353 e. The van der Waals surface area contributed by atoms with E-state index in [1.165, 1.54) is 11.1 Å². The van der Waals surface area contributed by atoms with Crippen molar-refractivity contribution in [3.63, 3.8) is 0 Å². The molecule has 1 atom stereocenters. The van der Waals surface area contributed by atoms with E-state index in [4.69, 9.17) is 11.6 Å². The molecule has 4 heteroatoms. The van der Waals surface area contributed by atoms with Crippen molar-refractivity contribution in [1.29, 1.82) is 0 Å². The number of carbonyl (C=O) groups excluding carboxylic acids is 1. The normalized spacial score (nSPS) is 19.0. The van der Waals surface area contributed by atoms with Gasteiger partial charge in [-0.05, 0) is 35.7 Å². The molecule has 1 aliphatic rings. The van der Waals surface area contributed by atoms with Crippen molar-refractivity contribution in [2.24, 2.45) is 0 Å². The van der Waals surface area contributed by atoms with Crippen molar-refractivity contribution in [2.75, 3.05) is 13.1 Å². The van der Waals surface area contributed by atoms with Crippen LogP contribution in [-0.2, 0) is 11.3 Å². The molecule has 22 heavy (non-hydrogen) atoms. The summed E-state index contributed by atoms with van der Waals surface area (Å²) in [6, 6.07) is 16.3. The van der Waals surface area contributed by atoms with E-state index in [0.29, 0.717) is 0 Å². The average molecular weight is 315 g/mol. The highest BCUT2D eigenvalue weighted by molar-refractivity contribution is 6.30. The minimum absolute atomic E-state index is 0.0651. The van der Waals surface area contributed by atoms with Crippen LogP contribution in [-0.4, -0.2) is 29.9 Å². The fourth-order valence-electron chi connectivity index (χ4n) is 2.73. The largest absolute Gasteiger partial charge is 0.353 e. The molecule has 1 aliphatic heterocycles. The Kier molecular flexibility index (Phi) is 4.46. The Morgan fingerprint density at radius 2 is 1.68 bits per heavy atom. The number of benzene rings is 2. The minimum atomic E-state index is -0.0651. The van der Waals surface area contributed by atoms with Crippen LogP contribution in [0.3, 0.4) is 0 Å².